The summed E-state index contributed by atoms with van der Waals surface area (Å²) in [5.41, 5.74) is 1.69. The van der Waals surface area contributed by atoms with Crippen molar-refractivity contribution >= 4 is 16.7 Å². The summed E-state index contributed by atoms with van der Waals surface area (Å²) in [5.74, 6) is 0.755. The van der Waals surface area contributed by atoms with Gasteiger partial charge in [0.25, 0.3) is 0 Å². The van der Waals surface area contributed by atoms with Crippen LogP contribution in [0.4, 0.5) is 0 Å². The molecule has 0 aliphatic carbocycles. The summed E-state index contributed by atoms with van der Waals surface area (Å²) in [5, 5.41) is 4.37. The molecule has 1 saturated heterocycles. The molecule has 19 heavy (non-hydrogen) atoms. The molecule has 1 aromatic heterocycles. The van der Waals surface area contributed by atoms with E-state index in [0.717, 1.165) is 42.4 Å². The topological polar surface area (TPSA) is 42.0 Å². The van der Waals surface area contributed by atoms with Crippen LogP contribution in [-0.2, 0) is 0 Å². The van der Waals surface area contributed by atoms with Crippen LogP contribution in [0.2, 0.25) is 0 Å². The smallest absolute Gasteiger partial charge is 0.164 e. The zero-order valence-electron chi connectivity index (χ0n) is 10.9. The van der Waals surface area contributed by atoms with Gasteiger partial charge in [-0.3, -0.25) is 9.78 Å². The van der Waals surface area contributed by atoms with Crippen LogP contribution in [0.3, 0.4) is 0 Å². The molecule has 0 saturated carbocycles. The lowest BCUT2D eigenvalue weighted by molar-refractivity contribution is 0.0952. The average Bonchev–Trinajstić information content (AvgIpc) is 2.48. The number of benzene rings is 1. The molecule has 1 aromatic carbocycles. The van der Waals surface area contributed by atoms with Gasteiger partial charge in [0.05, 0.1) is 5.52 Å². The summed E-state index contributed by atoms with van der Waals surface area (Å²) in [6.45, 7) is 2.07. The molecule has 1 aliphatic rings. The van der Waals surface area contributed by atoms with Gasteiger partial charge in [-0.2, -0.15) is 0 Å². The van der Waals surface area contributed by atoms with E-state index < -0.39 is 0 Å². The molecule has 0 amide bonds. The maximum absolute atomic E-state index is 12.3. The van der Waals surface area contributed by atoms with E-state index in [1.165, 1.54) is 0 Å². The van der Waals surface area contributed by atoms with Crippen molar-refractivity contribution in [1.82, 2.24) is 10.3 Å². The molecule has 3 heteroatoms. The Bertz CT molecular complexity index is 588. The van der Waals surface area contributed by atoms with Crippen molar-refractivity contribution in [2.24, 2.45) is 5.92 Å². The van der Waals surface area contributed by atoms with Gasteiger partial charge in [0.15, 0.2) is 5.78 Å². The highest BCUT2D eigenvalue weighted by Crippen LogP contribution is 2.20. The first-order chi connectivity index (χ1) is 9.33. The molecule has 0 atom stereocenters. The highest BCUT2D eigenvalue weighted by molar-refractivity contribution is 5.98. The predicted octanol–water partition coefficient (Wildman–Crippen LogP) is 2.81. The number of ketones is 1. The van der Waals surface area contributed by atoms with Gasteiger partial charge in [-0.1, -0.05) is 18.2 Å². The monoisotopic (exact) mass is 254 g/mol. The number of hydrogen-bond acceptors (Lipinski definition) is 3. The number of para-hydroxylation sites is 1. The summed E-state index contributed by atoms with van der Waals surface area (Å²) >= 11 is 0. The first-order valence-electron chi connectivity index (χ1n) is 6.91. The fourth-order valence-corrected chi connectivity index (χ4v) is 2.69. The Kier molecular flexibility index (Phi) is 3.56. The minimum atomic E-state index is 0.227. The number of rotatable bonds is 3. The largest absolute Gasteiger partial charge is 0.317 e. The Morgan fingerprint density at radius 3 is 2.89 bits per heavy atom. The molecule has 98 valence electrons. The maximum Gasteiger partial charge on any atom is 0.164 e. The van der Waals surface area contributed by atoms with E-state index in [1.807, 2.05) is 30.3 Å². The third kappa shape index (κ3) is 2.82. The first kappa shape index (κ1) is 12.3. The summed E-state index contributed by atoms with van der Waals surface area (Å²) in [6.07, 6.45) is 4.58. The molecular weight excluding hydrogens is 236 g/mol. The summed E-state index contributed by atoms with van der Waals surface area (Å²) in [6, 6.07) is 9.88. The highest BCUT2D eigenvalue weighted by Gasteiger charge is 2.18. The lowest BCUT2D eigenvalue weighted by atomic mass is 9.91. The Morgan fingerprint density at radius 2 is 2.05 bits per heavy atom. The Labute approximate surface area is 113 Å². The van der Waals surface area contributed by atoms with E-state index in [2.05, 4.69) is 10.3 Å². The molecule has 0 radical (unpaired) electrons. The van der Waals surface area contributed by atoms with E-state index in [9.17, 15) is 4.79 Å². The minimum Gasteiger partial charge on any atom is -0.317 e. The molecule has 0 spiro atoms. The third-order valence-corrected chi connectivity index (χ3v) is 3.85. The summed E-state index contributed by atoms with van der Waals surface area (Å²) < 4.78 is 0. The van der Waals surface area contributed by atoms with Crippen molar-refractivity contribution in [3.8, 4) is 0 Å². The van der Waals surface area contributed by atoms with Gasteiger partial charge >= 0.3 is 0 Å². The van der Waals surface area contributed by atoms with Crippen LogP contribution < -0.4 is 5.32 Å². The maximum atomic E-state index is 12.3. The van der Waals surface area contributed by atoms with Crippen LogP contribution in [0.1, 0.15) is 29.6 Å². The second-order valence-electron chi connectivity index (χ2n) is 5.24. The number of carbonyl (C=O) groups is 1. The number of hydrogen-bond donors (Lipinski definition) is 1. The van der Waals surface area contributed by atoms with Gasteiger partial charge in [-0.05, 0) is 44.0 Å². The van der Waals surface area contributed by atoms with E-state index in [0.29, 0.717) is 12.3 Å². The van der Waals surface area contributed by atoms with Crippen LogP contribution in [-0.4, -0.2) is 23.9 Å². The number of nitrogens with zero attached hydrogens (tertiary/aromatic N) is 1. The van der Waals surface area contributed by atoms with Crippen LogP contribution in [0, 0.1) is 5.92 Å². The van der Waals surface area contributed by atoms with Crippen LogP contribution in [0.5, 0.6) is 0 Å². The van der Waals surface area contributed by atoms with E-state index >= 15 is 0 Å². The molecule has 1 N–H and O–H groups in total. The Hall–Kier alpha value is -1.74. The molecule has 2 heterocycles. The SMILES string of the molecule is O=C(CC1CCNCC1)c1cnc2ccccc2c1. The fourth-order valence-electron chi connectivity index (χ4n) is 2.69. The lowest BCUT2D eigenvalue weighted by Gasteiger charge is -2.21. The molecule has 3 nitrogen and oxygen atoms in total. The zero-order valence-corrected chi connectivity index (χ0v) is 10.9. The van der Waals surface area contributed by atoms with Crippen LogP contribution in [0.25, 0.3) is 10.9 Å². The number of carbonyl (C=O) groups excluding carboxylic acids is 1. The zero-order chi connectivity index (χ0) is 13.1. The van der Waals surface area contributed by atoms with Crippen LogP contribution in [0.15, 0.2) is 36.5 Å². The highest BCUT2D eigenvalue weighted by atomic mass is 16.1. The molecule has 0 bridgehead atoms. The lowest BCUT2D eigenvalue weighted by Crippen LogP contribution is -2.28. The van der Waals surface area contributed by atoms with E-state index in [4.69, 9.17) is 0 Å². The molecule has 2 aromatic rings. The van der Waals surface area contributed by atoms with Crippen molar-refractivity contribution in [3.05, 3.63) is 42.1 Å². The van der Waals surface area contributed by atoms with E-state index in [-0.39, 0.29) is 5.78 Å². The Balaban J connectivity index is 1.77. The first-order valence-corrected chi connectivity index (χ1v) is 6.91. The minimum absolute atomic E-state index is 0.227. The normalized spacial score (nSPS) is 16.6. The number of aromatic nitrogens is 1. The van der Waals surface area contributed by atoms with Crippen molar-refractivity contribution in [1.29, 1.82) is 0 Å². The number of pyridine rings is 1. The Morgan fingerprint density at radius 1 is 1.26 bits per heavy atom. The van der Waals surface area contributed by atoms with Gasteiger partial charge in [0, 0.05) is 23.6 Å². The quantitative estimate of drug-likeness (QED) is 0.856. The van der Waals surface area contributed by atoms with Crippen LogP contribution >= 0.6 is 0 Å². The van der Waals surface area contributed by atoms with Gasteiger partial charge in [-0.25, -0.2) is 0 Å². The molecule has 3 rings (SSSR count). The number of Topliss-reactive ketones (excluding diaryl/α,β-unsaturated/α-hetero) is 1. The molecule has 0 unspecified atom stereocenters. The average molecular weight is 254 g/mol. The van der Waals surface area contributed by atoms with Crippen molar-refractivity contribution in [2.75, 3.05) is 13.1 Å². The van der Waals surface area contributed by atoms with Gasteiger partial charge in [0.2, 0.25) is 0 Å². The van der Waals surface area contributed by atoms with Gasteiger partial charge < -0.3 is 5.32 Å². The van der Waals surface area contributed by atoms with Gasteiger partial charge in [-0.15, -0.1) is 0 Å². The van der Waals surface area contributed by atoms with Crippen molar-refractivity contribution < 1.29 is 4.79 Å². The molecule has 1 aliphatic heterocycles. The second-order valence-corrected chi connectivity index (χ2v) is 5.24. The fraction of sp³-hybridized carbons (Fsp3) is 0.375. The number of piperidine rings is 1. The van der Waals surface area contributed by atoms with E-state index in [1.54, 1.807) is 6.20 Å². The number of nitrogens with one attached hydrogen (secondary N) is 1. The van der Waals surface area contributed by atoms with Crippen molar-refractivity contribution in [3.63, 3.8) is 0 Å². The second kappa shape index (κ2) is 5.49. The molecular formula is C16H18N2O. The molecule has 1 fully saturated rings. The predicted molar refractivity (Wildman–Crippen MR) is 76.3 cm³/mol. The number of fused-ring (bicyclic) bond motifs is 1. The summed E-state index contributed by atoms with van der Waals surface area (Å²) in [7, 11) is 0. The third-order valence-electron chi connectivity index (χ3n) is 3.85. The van der Waals surface area contributed by atoms with Gasteiger partial charge in [0.1, 0.15) is 0 Å². The standard InChI is InChI=1S/C16H18N2O/c19-16(9-12-5-7-17-8-6-12)14-10-13-3-1-2-4-15(13)18-11-14/h1-4,10-12,17H,5-9H2. The summed E-state index contributed by atoms with van der Waals surface area (Å²) in [4.78, 5) is 16.7. The van der Waals surface area contributed by atoms with Crippen molar-refractivity contribution in [2.45, 2.75) is 19.3 Å².